The van der Waals surface area contributed by atoms with Crippen molar-refractivity contribution in [2.75, 3.05) is 19.7 Å². The van der Waals surface area contributed by atoms with Crippen molar-refractivity contribution in [1.82, 2.24) is 10.6 Å². The van der Waals surface area contributed by atoms with Gasteiger partial charge in [-0.05, 0) is 25.7 Å². The second kappa shape index (κ2) is 6.86. The van der Waals surface area contributed by atoms with E-state index in [1.807, 2.05) is 6.92 Å². The first-order valence-corrected chi connectivity index (χ1v) is 6.22. The number of rotatable bonds is 6. The summed E-state index contributed by atoms with van der Waals surface area (Å²) in [5.41, 5.74) is 0. The van der Waals surface area contributed by atoms with Crippen LogP contribution in [-0.4, -0.2) is 37.7 Å². The van der Waals surface area contributed by atoms with Gasteiger partial charge in [-0.1, -0.05) is 13.8 Å². The number of hydrogen-bond donors (Lipinski definition) is 2. The lowest BCUT2D eigenvalue weighted by Gasteiger charge is -2.17. The third-order valence-electron chi connectivity index (χ3n) is 2.75. The largest absolute Gasteiger partial charge is 0.377 e. The van der Waals surface area contributed by atoms with Crippen LogP contribution in [0.25, 0.3) is 0 Å². The molecule has 1 aliphatic heterocycles. The molecular weight excluding hydrogens is 204 g/mol. The molecule has 2 atom stereocenters. The van der Waals surface area contributed by atoms with E-state index in [9.17, 15) is 4.79 Å². The van der Waals surface area contributed by atoms with Gasteiger partial charge in [0.05, 0.1) is 12.1 Å². The van der Waals surface area contributed by atoms with Crippen molar-refractivity contribution in [3.8, 4) is 0 Å². The highest BCUT2D eigenvalue weighted by Gasteiger charge is 2.18. The average Bonchev–Trinajstić information content (AvgIpc) is 2.75. The molecule has 0 saturated carbocycles. The number of nitrogens with one attached hydrogen (secondary N) is 2. The van der Waals surface area contributed by atoms with Crippen molar-refractivity contribution in [2.45, 2.75) is 45.8 Å². The molecule has 1 heterocycles. The molecule has 0 aromatic rings. The molecule has 4 nitrogen and oxygen atoms in total. The van der Waals surface area contributed by atoms with E-state index in [2.05, 4.69) is 24.5 Å². The van der Waals surface area contributed by atoms with Crippen LogP contribution < -0.4 is 10.6 Å². The lowest BCUT2D eigenvalue weighted by Crippen LogP contribution is -2.45. The van der Waals surface area contributed by atoms with Gasteiger partial charge in [-0.25, -0.2) is 0 Å². The molecule has 1 amide bonds. The molecule has 0 radical (unpaired) electrons. The summed E-state index contributed by atoms with van der Waals surface area (Å²) >= 11 is 0. The molecule has 0 spiro atoms. The van der Waals surface area contributed by atoms with E-state index in [4.69, 9.17) is 4.74 Å². The Bertz CT molecular complexity index is 213. The van der Waals surface area contributed by atoms with Gasteiger partial charge in [0, 0.05) is 19.7 Å². The monoisotopic (exact) mass is 228 g/mol. The third kappa shape index (κ3) is 4.94. The van der Waals surface area contributed by atoms with Crippen LogP contribution >= 0.6 is 0 Å². The van der Waals surface area contributed by atoms with Crippen LogP contribution in [0.3, 0.4) is 0 Å². The molecule has 2 N–H and O–H groups in total. The van der Waals surface area contributed by atoms with Crippen molar-refractivity contribution in [1.29, 1.82) is 0 Å². The van der Waals surface area contributed by atoms with Crippen molar-refractivity contribution in [3.63, 3.8) is 0 Å². The quantitative estimate of drug-likeness (QED) is 0.710. The summed E-state index contributed by atoms with van der Waals surface area (Å²) in [7, 11) is 0. The molecule has 16 heavy (non-hydrogen) atoms. The zero-order valence-electron chi connectivity index (χ0n) is 10.6. The molecule has 0 aliphatic carbocycles. The van der Waals surface area contributed by atoms with Gasteiger partial charge < -0.3 is 15.4 Å². The maximum absolute atomic E-state index is 11.6. The summed E-state index contributed by atoms with van der Waals surface area (Å²) in [4.78, 5) is 11.6. The number of amides is 1. The number of carbonyl (C=O) groups is 1. The van der Waals surface area contributed by atoms with Gasteiger partial charge in [0.2, 0.25) is 5.91 Å². The first-order valence-electron chi connectivity index (χ1n) is 6.22. The van der Waals surface area contributed by atoms with Gasteiger partial charge in [-0.3, -0.25) is 4.79 Å². The second-order valence-corrected chi connectivity index (χ2v) is 4.90. The van der Waals surface area contributed by atoms with E-state index in [1.165, 1.54) is 0 Å². The highest BCUT2D eigenvalue weighted by Crippen LogP contribution is 2.10. The van der Waals surface area contributed by atoms with Crippen molar-refractivity contribution in [2.24, 2.45) is 5.92 Å². The van der Waals surface area contributed by atoms with Gasteiger partial charge in [0.25, 0.3) is 0 Å². The standard InChI is InChI=1S/C12H24N2O2/c1-9(2)7-14-12(15)10(3)13-8-11-5-4-6-16-11/h9-11,13H,4-8H2,1-3H3,(H,14,15). The highest BCUT2D eigenvalue weighted by molar-refractivity contribution is 5.81. The molecule has 1 rings (SSSR count). The maximum Gasteiger partial charge on any atom is 0.236 e. The SMILES string of the molecule is CC(C)CNC(=O)C(C)NCC1CCCO1. The fourth-order valence-corrected chi connectivity index (χ4v) is 1.66. The Hall–Kier alpha value is -0.610. The van der Waals surface area contributed by atoms with Gasteiger partial charge in [-0.2, -0.15) is 0 Å². The number of carbonyl (C=O) groups excluding carboxylic acids is 1. The molecule has 0 aromatic heterocycles. The Labute approximate surface area is 98.1 Å². The van der Waals surface area contributed by atoms with Crippen molar-refractivity contribution in [3.05, 3.63) is 0 Å². The molecule has 1 fully saturated rings. The third-order valence-corrected chi connectivity index (χ3v) is 2.75. The molecule has 4 heteroatoms. The van der Waals surface area contributed by atoms with Crippen LogP contribution in [0.2, 0.25) is 0 Å². The first-order chi connectivity index (χ1) is 7.59. The van der Waals surface area contributed by atoms with Gasteiger partial charge in [0.15, 0.2) is 0 Å². The Morgan fingerprint density at radius 3 is 2.75 bits per heavy atom. The van der Waals surface area contributed by atoms with Crippen LogP contribution in [0.1, 0.15) is 33.6 Å². The predicted molar refractivity (Wildman–Crippen MR) is 64.3 cm³/mol. The molecule has 0 bridgehead atoms. The zero-order chi connectivity index (χ0) is 12.0. The average molecular weight is 228 g/mol. The lowest BCUT2D eigenvalue weighted by atomic mass is 10.2. The molecule has 2 unspecified atom stereocenters. The molecule has 94 valence electrons. The molecular formula is C12H24N2O2. The van der Waals surface area contributed by atoms with Crippen molar-refractivity contribution < 1.29 is 9.53 Å². The van der Waals surface area contributed by atoms with Crippen LogP contribution in [0, 0.1) is 5.92 Å². The topological polar surface area (TPSA) is 50.4 Å². The minimum absolute atomic E-state index is 0.0756. The Morgan fingerprint density at radius 1 is 1.44 bits per heavy atom. The van der Waals surface area contributed by atoms with E-state index < -0.39 is 0 Å². The molecule has 1 aliphatic rings. The van der Waals surface area contributed by atoms with Crippen LogP contribution in [-0.2, 0) is 9.53 Å². The fraction of sp³-hybridized carbons (Fsp3) is 0.917. The smallest absolute Gasteiger partial charge is 0.236 e. The predicted octanol–water partition coefficient (Wildman–Crippen LogP) is 0.916. The van der Waals surface area contributed by atoms with Gasteiger partial charge in [-0.15, -0.1) is 0 Å². The first kappa shape index (κ1) is 13.5. The van der Waals surface area contributed by atoms with E-state index in [0.29, 0.717) is 12.0 Å². The lowest BCUT2D eigenvalue weighted by molar-refractivity contribution is -0.123. The highest BCUT2D eigenvalue weighted by atomic mass is 16.5. The van der Waals surface area contributed by atoms with Gasteiger partial charge >= 0.3 is 0 Å². The molecule has 1 saturated heterocycles. The normalized spacial score (nSPS) is 22.4. The summed E-state index contributed by atoms with van der Waals surface area (Å²) in [5, 5.41) is 6.13. The zero-order valence-corrected chi connectivity index (χ0v) is 10.6. The summed E-state index contributed by atoms with van der Waals surface area (Å²) in [5.74, 6) is 0.570. The van der Waals surface area contributed by atoms with Gasteiger partial charge in [0.1, 0.15) is 0 Å². The van der Waals surface area contributed by atoms with E-state index in [0.717, 1.165) is 32.5 Å². The summed E-state index contributed by atoms with van der Waals surface area (Å²) in [6.07, 6.45) is 2.54. The second-order valence-electron chi connectivity index (χ2n) is 4.90. The van der Waals surface area contributed by atoms with Crippen molar-refractivity contribution >= 4 is 5.91 Å². The van der Waals surface area contributed by atoms with Crippen LogP contribution in [0.5, 0.6) is 0 Å². The van der Waals surface area contributed by atoms with E-state index >= 15 is 0 Å². The fourth-order valence-electron chi connectivity index (χ4n) is 1.66. The van der Waals surface area contributed by atoms with Crippen LogP contribution in [0.4, 0.5) is 0 Å². The summed E-state index contributed by atoms with van der Waals surface area (Å²) in [6, 6.07) is -0.136. The minimum Gasteiger partial charge on any atom is -0.377 e. The number of ether oxygens (including phenoxy) is 1. The summed E-state index contributed by atoms with van der Waals surface area (Å²) in [6.45, 7) is 8.45. The van der Waals surface area contributed by atoms with Crippen LogP contribution in [0.15, 0.2) is 0 Å². The van der Waals surface area contributed by atoms with E-state index in [1.54, 1.807) is 0 Å². The number of hydrogen-bond acceptors (Lipinski definition) is 3. The Kier molecular flexibility index (Phi) is 5.77. The maximum atomic E-state index is 11.6. The summed E-state index contributed by atoms with van der Waals surface area (Å²) < 4.78 is 5.49. The Morgan fingerprint density at radius 2 is 2.19 bits per heavy atom. The minimum atomic E-state index is -0.136. The Balaban J connectivity index is 2.12. The van der Waals surface area contributed by atoms with E-state index in [-0.39, 0.29) is 11.9 Å². The molecule has 0 aromatic carbocycles.